The van der Waals surface area contributed by atoms with E-state index in [1.807, 2.05) is 18.9 Å². The molecule has 1 aliphatic heterocycles. The molecule has 0 spiro atoms. The second-order valence-electron chi connectivity index (χ2n) is 6.29. The number of likely N-dealkylation sites (tertiary alicyclic amines) is 1. The zero-order chi connectivity index (χ0) is 17.8. The molecule has 0 unspecified atom stereocenters. The Labute approximate surface area is 146 Å². The van der Waals surface area contributed by atoms with E-state index in [0.29, 0.717) is 24.3 Å². The highest BCUT2D eigenvalue weighted by atomic mass is 16.2. The minimum atomic E-state index is -0.221. The Morgan fingerprint density at radius 3 is 2.76 bits per heavy atom. The van der Waals surface area contributed by atoms with Gasteiger partial charge in [-0.15, -0.1) is 0 Å². The second-order valence-corrected chi connectivity index (χ2v) is 6.29. The van der Waals surface area contributed by atoms with Crippen LogP contribution in [0.25, 0.3) is 0 Å². The summed E-state index contributed by atoms with van der Waals surface area (Å²) in [4.78, 5) is 34.7. The van der Waals surface area contributed by atoms with E-state index in [1.54, 1.807) is 10.9 Å². The van der Waals surface area contributed by atoms with Crippen molar-refractivity contribution in [1.82, 2.24) is 30.0 Å². The summed E-state index contributed by atoms with van der Waals surface area (Å²) < 4.78 is 1.66. The fourth-order valence-corrected chi connectivity index (χ4v) is 3.10. The average molecular weight is 342 g/mol. The number of nitrogens with zero attached hydrogens (tertiary/aromatic N) is 5. The van der Waals surface area contributed by atoms with Crippen molar-refractivity contribution in [3.05, 3.63) is 41.7 Å². The maximum absolute atomic E-state index is 12.7. The minimum Gasteiger partial charge on any atom is -0.348 e. The van der Waals surface area contributed by atoms with Gasteiger partial charge in [-0.3, -0.25) is 19.3 Å². The summed E-state index contributed by atoms with van der Waals surface area (Å²) in [6.07, 6.45) is 8.64. The fourth-order valence-electron chi connectivity index (χ4n) is 3.10. The first-order valence-corrected chi connectivity index (χ1v) is 8.41. The van der Waals surface area contributed by atoms with Gasteiger partial charge in [-0.1, -0.05) is 0 Å². The summed E-state index contributed by atoms with van der Waals surface area (Å²) in [5.74, 6) is -0.215. The third-order valence-corrected chi connectivity index (χ3v) is 4.39. The molecule has 2 aromatic heterocycles. The van der Waals surface area contributed by atoms with Gasteiger partial charge in [0.2, 0.25) is 0 Å². The molecule has 2 amide bonds. The zero-order valence-corrected chi connectivity index (χ0v) is 14.5. The fraction of sp³-hybridized carbons (Fsp3) is 0.471. The zero-order valence-electron chi connectivity index (χ0n) is 14.5. The van der Waals surface area contributed by atoms with Gasteiger partial charge in [0.1, 0.15) is 5.69 Å². The molecule has 0 radical (unpaired) electrons. The number of carbonyl (C=O) groups excluding carboxylic acids is 2. The largest absolute Gasteiger partial charge is 0.348 e. The van der Waals surface area contributed by atoms with Gasteiger partial charge >= 0.3 is 0 Å². The molecule has 0 saturated carbocycles. The molecule has 3 heterocycles. The van der Waals surface area contributed by atoms with Crippen LogP contribution < -0.4 is 5.32 Å². The highest BCUT2D eigenvalue weighted by Gasteiger charge is 2.25. The molecule has 8 heteroatoms. The molecule has 1 saturated heterocycles. The molecular weight excluding hydrogens is 320 g/mol. The van der Waals surface area contributed by atoms with E-state index in [2.05, 4.69) is 20.4 Å². The smallest absolute Gasteiger partial charge is 0.271 e. The average Bonchev–Trinajstić information content (AvgIpc) is 2.81. The summed E-state index contributed by atoms with van der Waals surface area (Å²) in [5, 5.41) is 7.23. The molecule has 3 rings (SSSR count). The molecule has 1 fully saturated rings. The van der Waals surface area contributed by atoms with Crippen LogP contribution in [0.5, 0.6) is 0 Å². The number of aryl methyl sites for hydroxylation is 2. The maximum Gasteiger partial charge on any atom is 0.271 e. The van der Waals surface area contributed by atoms with Crippen LogP contribution in [0.1, 0.15) is 45.8 Å². The van der Waals surface area contributed by atoms with Crippen molar-refractivity contribution in [3.63, 3.8) is 0 Å². The molecule has 1 atom stereocenters. The Kier molecular flexibility index (Phi) is 5.06. The Hall–Kier alpha value is -2.77. The van der Waals surface area contributed by atoms with Crippen LogP contribution in [-0.4, -0.2) is 55.6 Å². The quantitative estimate of drug-likeness (QED) is 0.896. The Bertz CT molecular complexity index is 758. The molecule has 1 aliphatic rings. The van der Waals surface area contributed by atoms with Crippen LogP contribution in [0.2, 0.25) is 0 Å². The van der Waals surface area contributed by atoms with Crippen LogP contribution in [0, 0.1) is 6.92 Å². The van der Waals surface area contributed by atoms with Crippen LogP contribution in [0.3, 0.4) is 0 Å². The molecule has 0 bridgehead atoms. The van der Waals surface area contributed by atoms with E-state index >= 15 is 0 Å². The standard InChI is InChI=1S/C17H22N6O2/c1-12-14(11-22(2)21-12)17(25)23-8-3-4-13(5-9-23)20-16(24)15-10-18-6-7-19-15/h6-7,10-11,13H,3-5,8-9H2,1-2H3,(H,20,24)/t13-/m0/s1. The lowest BCUT2D eigenvalue weighted by Gasteiger charge is -2.20. The van der Waals surface area contributed by atoms with Crippen molar-refractivity contribution in [2.24, 2.45) is 7.05 Å². The highest BCUT2D eigenvalue weighted by molar-refractivity contribution is 5.95. The van der Waals surface area contributed by atoms with Crippen molar-refractivity contribution in [3.8, 4) is 0 Å². The van der Waals surface area contributed by atoms with E-state index < -0.39 is 0 Å². The van der Waals surface area contributed by atoms with Crippen LogP contribution in [-0.2, 0) is 7.05 Å². The van der Waals surface area contributed by atoms with Crippen molar-refractivity contribution in [1.29, 1.82) is 0 Å². The number of hydrogen-bond acceptors (Lipinski definition) is 5. The Balaban J connectivity index is 1.60. The normalized spacial score (nSPS) is 17.8. The summed E-state index contributed by atoms with van der Waals surface area (Å²) >= 11 is 0. The summed E-state index contributed by atoms with van der Waals surface area (Å²) in [6, 6.07) is 0.0299. The number of hydrogen-bond donors (Lipinski definition) is 1. The minimum absolute atomic E-state index is 0.00602. The maximum atomic E-state index is 12.7. The summed E-state index contributed by atoms with van der Waals surface area (Å²) in [7, 11) is 1.81. The topological polar surface area (TPSA) is 93.0 Å². The number of nitrogens with one attached hydrogen (secondary N) is 1. The van der Waals surface area contributed by atoms with E-state index in [1.165, 1.54) is 18.6 Å². The molecule has 25 heavy (non-hydrogen) atoms. The van der Waals surface area contributed by atoms with Crippen molar-refractivity contribution < 1.29 is 9.59 Å². The SMILES string of the molecule is Cc1nn(C)cc1C(=O)N1CCC[C@H](NC(=O)c2cnccn2)CC1. The molecule has 2 aromatic rings. The van der Waals surface area contributed by atoms with Gasteiger partial charge in [-0.05, 0) is 26.2 Å². The summed E-state index contributed by atoms with van der Waals surface area (Å²) in [6.45, 7) is 3.14. The monoisotopic (exact) mass is 342 g/mol. The molecule has 0 aliphatic carbocycles. The molecule has 0 aromatic carbocycles. The van der Waals surface area contributed by atoms with Gasteiger partial charge in [-0.2, -0.15) is 5.10 Å². The van der Waals surface area contributed by atoms with Crippen LogP contribution in [0.15, 0.2) is 24.8 Å². The third kappa shape index (κ3) is 4.01. The van der Waals surface area contributed by atoms with Crippen molar-refractivity contribution in [2.75, 3.05) is 13.1 Å². The molecule has 8 nitrogen and oxygen atoms in total. The predicted molar refractivity (Wildman–Crippen MR) is 91.0 cm³/mol. The van der Waals surface area contributed by atoms with Gasteiger partial charge in [0, 0.05) is 44.8 Å². The first-order valence-electron chi connectivity index (χ1n) is 8.41. The molecular formula is C17H22N6O2. The van der Waals surface area contributed by atoms with E-state index in [4.69, 9.17) is 0 Å². The van der Waals surface area contributed by atoms with Crippen LogP contribution >= 0.6 is 0 Å². The second kappa shape index (κ2) is 7.42. The van der Waals surface area contributed by atoms with Gasteiger partial charge in [0.05, 0.1) is 17.5 Å². The van der Waals surface area contributed by atoms with E-state index in [-0.39, 0.29) is 17.9 Å². The first kappa shape index (κ1) is 17.1. The molecule has 1 N–H and O–H groups in total. The van der Waals surface area contributed by atoms with Gasteiger partial charge in [0.15, 0.2) is 0 Å². The highest BCUT2D eigenvalue weighted by Crippen LogP contribution is 2.16. The van der Waals surface area contributed by atoms with Crippen molar-refractivity contribution >= 4 is 11.8 Å². The number of carbonyl (C=O) groups is 2. The predicted octanol–water partition coefficient (Wildman–Crippen LogP) is 0.943. The Morgan fingerprint density at radius 2 is 2.08 bits per heavy atom. The number of aromatic nitrogens is 4. The van der Waals surface area contributed by atoms with E-state index in [0.717, 1.165) is 25.0 Å². The number of amides is 2. The Morgan fingerprint density at radius 1 is 1.24 bits per heavy atom. The van der Waals surface area contributed by atoms with Crippen LogP contribution in [0.4, 0.5) is 0 Å². The first-order chi connectivity index (χ1) is 12.0. The van der Waals surface area contributed by atoms with Gasteiger partial charge < -0.3 is 10.2 Å². The lowest BCUT2D eigenvalue weighted by Crippen LogP contribution is -2.37. The van der Waals surface area contributed by atoms with Gasteiger partial charge in [-0.25, -0.2) is 4.98 Å². The lowest BCUT2D eigenvalue weighted by molar-refractivity contribution is 0.0760. The number of rotatable bonds is 3. The third-order valence-electron chi connectivity index (χ3n) is 4.39. The van der Waals surface area contributed by atoms with E-state index in [9.17, 15) is 9.59 Å². The lowest BCUT2D eigenvalue weighted by atomic mass is 10.1. The summed E-state index contributed by atoms with van der Waals surface area (Å²) in [5.41, 5.74) is 1.69. The molecule has 132 valence electrons. The van der Waals surface area contributed by atoms with Gasteiger partial charge in [0.25, 0.3) is 11.8 Å². The van der Waals surface area contributed by atoms with Crippen molar-refractivity contribution in [2.45, 2.75) is 32.2 Å².